The number of hydrogen-bond acceptors (Lipinski definition) is 10. The summed E-state index contributed by atoms with van der Waals surface area (Å²) in [6.45, 7) is 3.16. The molecule has 1 aliphatic rings. The number of carboxylic acids is 1. The topological polar surface area (TPSA) is 221 Å². The van der Waals surface area contributed by atoms with Gasteiger partial charge in [0.25, 0.3) is 0 Å². The first-order chi connectivity index (χ1) is 29.0. The molecule has 4 bridgehead atoms. The second-order valence-corrected chi connectivity index (χ2v) is 16.2. The van der Waals surface area contributed by atoms with Gasteiger partial charge >= 0.3 is 5.97 Å². The number of ketones is 4. The second-order valence-electron chi connectivity index (χ2n) is 15.8. The molecular weight excluding hydrogens is 802 g/mol. The molecule has 0 fully saturated rings. The lowest BCUT2D eigenvalue weighted by Crippen LogP contribution is -2.46. The molecule has 2 amide bonds. The quantitative estimate of drug-likeness (QED) is 0.0494. The third-order valence-electron chi connectivity index (χ3n) is 11.2. The number of unbranched alkanes of at least 4 members (excludes halogenated alkanes) is 1. The number of amides is 2. The van der Waals surface area contributed by atoms with Crippen LogP contribution in [0.25, 0.3) is 22.3 Å². The summed E-state index contributed by atoms with van der Waals surface area (Å²) in [6, 6.07) is 20.4. The third-order valence-corrected chi connectivity index (χ3v) is 11.4. The van der Waals surface area contributed by atoms with Crippen LogP contribution >= 0.6 is 11.6 Å². The van der Waals surface area contributed by atoms with Crippen LogP contribution in [0.2, 0.25) is 5.02 Å². The van der Waals surface area contributed by atoms with Gasteiger partial charge in [-0.15, -0.1) is 0 Å². The van der Waals surface area contributed by atoms with Gasteiger partial charge in [0.2, 0.25) is 17.6 Å². The number of halogens is 1. The summed E-state index contributed by atoms with van der Waals surface area (Å²) in [5.74, 6) is -9.09. The van der Waals surface area contributed by atoms with Gasteiger partial charge < -0.3 is 31.3 Å². The number of Topliss-reactive ketones (excluding diaryl/α,β-unsaturated/α-hetero) is 4. The minimum atomic E-state index is -1.69. The molecule has 14 heteroatoms. The summed E-state index contributed by atoms with van der Waals surface area (Å²) in [4.78, 5) is 94.9. The number of phenols is 2. The number of carboxylic acid groups (broad SMARTS) is 1. The molecule has 0 radical (unpaired) electrons. The number of phenolic OH excluding ortho intramolecular Hbond substituents is 2. The van der Waals surface area contributed by atoms with Crippen LogP contribution in [0, 0.1) is 17.8 Å². The van der Waals surface area contributed by atoms with Crippen molar-refractivity contribution in [2.24, 2.45) is 23.5 Å². The molecular formula is C47H50ClN3O10. The number of fused-ring (bicyclic) bond motifs is 5. The van der Waals surface area contributed by atoms with Crippen molar-refractivity contribution in [2.75, 3.05) is 13.6 Å². The Balaban J connectivity index is 1.49. The molecule has 0 unspecified atom stereocenters. The molecule has 1 aliphatic heterocycles. The van der Waals surface area contributed by atoms with Gasteiger partial charge in [-0.1, -0.05) is 80.4 Å². The summed E-state index contributed by atoms with van der Waals surface area (Å²) < 4.78 is 0. The number of nitrogens with two attached hydrogens (primary N) is 1. The Bertz CT molecular complexity index is 2310. The maximum absolute atomic E-state index is 14.6. The lowest BCUT2D eigenvalue weighted by molar-refractivity contribution is -0.151. The molecule has 0 aliphatic carbocycles. The fourth-order valence-electron chi connectivity index (χ4n) is 7.64. The lowest BCUT2D eigenvalue weighted by atomic mass is 9.87. The molecule has 6 N–H and O–H groups in total. The largest absolute Gasteiger partial charge is 0.507 e. The smallest absolute Gasteiger partial charge is 0.372 e. The van der Waals surface area contributed by atoms with Crippen LogP contribution in [0.3, 0.4) is 0 Å². The zero-order valence-electron chi connectivity index (χ0n) is 34.2. The maximum Gasteiger partial charge on any atom is 0.372 e. The van der Waals surface area contributed by atoms with Crippen molar-refractivity contribution in [1.29, 1.82) is 0 Å². The Morgan fingerprint density at radius 1 is 0.836 bits per heavy atom. The zero-order chi connectivity index (χ0) is 44.5. The summed E-state index contributed by atoms with van der Waals surface area (Å²) in [5, 5.41) is 34.6. The minimum absolute atomic E-state index is 0.116. The van der Waals surface area contributed by atoms with Crippen molar-refractivity contribution >= 4 is 52.5 Å². The summed E-state index contributed by atoms with van der Waals surface area (Å²) >= 11 is 6.04. The van der Waals surface area contributed by atoms with Crippen LogP contribution in [0.1, 0.15) is 79.9 Å². The van der Waals surface area contributed by atoms with Crippen LogP contribution in [-0.2, 0) is 35.2 Å². The van der Waals surface area contributed by atoms with Gasteiger partial charge in [0.05, 0.1) is 6.04 Å². The van der Waals surface area contributed by atoms with Crippen molar-refractivity contribution in [3.63, 3.8) is 0 Å². The zero-order valence-corrected chi connectivity index (χ0v) is 35.0. The van der Waals surface area contributed by atoms with E-state index >= 15 is 0 Å². The lowest BCUT2D eigenvalue weighted by Gasteiger charge is -2.32. The van der Waals surface area contributed by atoms with Crippen LogP contribution < -0.4 is 11.1 Å². The van der Waals surface area contributed by atoms with E-state index in [1.165, 1.54) is 62.2 Å². The van der Waals surface area contributed by atoms with Crippen LogP contribution in [0.5, 0.6) is 11.5 Å². The van der Waals surface area contributed by atoms with E-state index in [1.807, 2.05) is 24.3 Å². The van der Waals surface area contributed by atoms with E-state index in [-0.39, 0.29) is 46.8 Å². The number of carbonyl (C=O) groups excluding carboxylic acids is 6. The first kappa shape index (κ1) is 45.9. The van der Waals surface area contributed by atoms with E-state index in [0.717, 1.165) is 11.1 Å². The predicted molar refractivity (Wildman–Crippen MR) is 229 cm³/mol. The summed E-state index contributed by atoms with van der Waals surface area (Å²) in [7, 11) is 1.44. The summed E-state index contributed by atoms with van der Waals surface area (Å²) in [6.07, 6.45) is 0.242. The maximum atomic E-state index is 14.6. The first-order valence-corrected chi connectivity index (χ1v) is 20.5. The highest BCUT2D eigenvalue weighted by atomic mass is 35.5. The number of aliphatic carboxylic acids is 1. The van der Waals surface area contributed by atoms with Gasteiger partial charge in [-0.3, -0.25) is 28.8 Å². The molecule has 4 aromatic carbocycles. The highest BCUT2D eigenvalue weighted by Crippen LogP contribution is 2.40. The highest BCUT2D eigenvalue weighted by Gasteiger charge is 2.36. The fourth-order valence-corrected chi connectivity index (χ4v) is 7.76. The molecule has 320 valence electrons. The molecule has 13 nitrogen and oxygen atoms in total. The molecule has 61 heavy (non-hydrogen) atoms. The number of nitrogens with one attached hydrogen (secondary N) is 1. The van der Waals surface area contributed by atoms with E-state index in [0.29, 0.717) is 42.0 Å². The number of benzene rings is 4. The predicted octanol–water partition coefficient (Wildman–Crippen LogP) is 6.49. The standard InChI is InChI=1S/C47H50ClN3O10/c1-26(44(57)47(60)61)20-41(55)37-23-28-7-17-38(52)35(22-28)36-24-32(14-18-39(36)53)43(42(56)21-27(2)45(58)50-37)51(3)46(59)33(6-4-5-19-49)25-40(54)31-10-8-29(9-11-31)30-12-15-34(48)16-13-30/h7-18,22,24,26-27,33,37,43,52-53H,4-6,19-21,23,25,49H2,1-3H3,(H,50,58)(H,60,61)/t26-,27-,33-,37+,43+/m1/s1. The van der Waals surface area contributed by atoms with Crippen LogP contribution in [-0.4, -0.2) is 80.8 Å². The van der Waals surface area contributed by atoms with Crippen molar-refractivity contribution < 1.29 is 48.9 Å². The Morgan fingerprint density at radius 2 is 1.44 bits per heavy atom. The fraction of sp³-hybridized carbons (Fsp3) is 0.340. The van der Waals surface area contributed by atoms with Gasteiger partial charge in [-0.05, 0) is 84.5 Å². The molecule has 1 heterocycles. The number of aromatic hydroxyl groups is 2. The SMILES string of the molecule is C[C@@H]1CC(=O)[C@@H](N(C)C(=O)[C@H](CCCCN)CC(=O)c2ccc(-c3ccc(Cl)cc3)cc2)c2ccc(O)c(c2)-c2cc(ccc2O)C[C@@H](C(=O)C[C@@H](C)C(=O)C(=O)O)NC1=O. The molecule has 0 spiro atoms. The average Bonchev–Trinajstić information content (AvgIpc) is 3.23. The monoisotopic (exact) mass is 851 g/mol. The third kappa shape index (κ3) is 11.4. The van der Waals surface area contributed by atoms with Gasteiger partial charge in [0.15, 0.2) is 17.3 Å². The normalized spacial score (nSPS) is 17.6. The van der Waals surface area contributed by atoms with Gasteiger partial charge in [0, 0.05) is 65.8 Å². The number of nitrogens with zero attached hydrogens (tertiary/aromatic N) is 1. The summed E-state index contributed by atoms with van der Waals surface area (Å²) in [5.41, 5.74) is 8.93. The molecule has 5 rings (SSSR count). The van der Waals surface area contributed by atoms with E-state index in [1.54, 1.807) is 24.3 Å². The number of carbonyl (C=O) groups is 7. The van der Waals surface area contributed by atoms with Crippen LogP contribution in [0.15, 0.2) is 84.9 Å². The van der Waals surface area contributed by atoms with E-state index < -0.39 is 77.8 Å². The molecule has 0 aromatic heterocycles. The van der Waals surface area contributed by atoms with E-state index in [4.69, 9.17) is 17.3 Å². The van der Waals surface area contributed by atoms with Gasteiger partial charge in [-0.2, -0.15) is 0 Å². The molecule has 5 atom stereocenters. The number of rotatable bonds is 15. The Labute approximate surface area is 358 Å². The average molecular weight is 852 g/mol. The van der Waals surface area contributed by atoms with Crippen molar-refractivity contribution in [3.8, 4) is 33.8 Å². The first-order valence-electron chi connectivity index (χ1n) is 20.1. The van der Waals surface area contributed by atoms with E-state index in [9.17, 15) is 48.9 Å². The van der Waals surface area contributed by atoms with Crippen LogP contribution in [0.4, 0.5) is 0 Å². The van der Waals surface area contributed by atoms with Gasteiger partial charge in [0.1, 0.15) is 17.5 Å². The molecule has 0 saturated carbocycles. The Morgan fingerprint density at radius 3 is 2.07 bits per heavy atom. The Hall–Kier alpha value is -6.18. The van der Waals surface area contributed by atoms with E-state index in [2.05, 4.69) is 5.32 Å². The van der Waals surface area contributed by atoms with Crippen molar-refractivity contribution in [2.45, 2.75) is 70.9 Å². The molecule has 4 aromatic rings. The highest BCUT2D eigenvalue weighted by molar-refractivity contribution is 6.33. The minimum Gasteiger partial charge on any atom is -0.507 e. The second kappa shape index (κ2) is 20.4. The number of likely N-dealkylation sites (N-methyl/N-ethyl adjacent to an activating group) is 1. The van der Waals surface area contributed by atoms with Crippen molar-refractivity contribution in [3.05, 3.63) is 107 Å². The van der Waals surface area contributed by atoms with Gasteiger partial charge in [-0.25, -0.2) is 4.79 Å². The van der Waals surface area contributed by atoms with Crippen molar-refractivity contribution in [1.82, 2.24) is 10.2 Å². The number of hydrogen-bond donors (Lipinski definition) is 5. The Kier molecular flexibility index (Phi) is 15.3. The molecule has 0 saturated heterocycles.